The number of hydrogen-bond donors (Lipinski definition) is 1. The Morgan fingerprint density at radius 3 is 2.50 bits per heavy atom. The summed E-state index contributed by atoms with van der Waals surface area (Å²) in [6.45, 7) is 6.74. The van der Waals surface area contributed by atoms with Crippen molar-refractivity contribution in [2.45, 2.75) is 42.6 Å². The van der Waals surface area contributed by atoms with E-state index in [1.807, 2.05) is 18.2 Å². The molecule has 2 aromatic rings. The van der Waals surface area contributed by atoms with Gasteiger partial charge in [0.25, 0.3) is 0 Å². The molecule has 0 aliphatic rings. The van der Waals surface area contributed by atoms with Crippen LogP contribution in [0.4, 0.5) is 4.39 Å². The van der Waals surface area contributed by atoms with Crippen LogP contribution in [0.2, 0.25) is 0 Å². The van der Waals surface area contributed by atoms with Crippen molar-refractivity contribution >= 4 is 11.8 Å². The van der Waals surface area contributed by atoms with E-state index in [4.69, 9.17) is 0 Å². The van der Waals surface area contributed by atoms with Gasteiger partial charge in [0, 0.05) is 39.8 Å². The van der Waals surface area contributed by atoms with E-state index in [1.165, 1.54) is 6.07 Å². The SMILES string of the molecule is CC(C)(C)NCc1c(F)cccc1Sc1ccncc1. The lowest BCUT2D eigenvalue weighted by Crippen LogP contribution is -2.35. The quantitative estimate of drug-likeness (QED) is 0.910. The van der Waals surface area contributed by atoms with Gasteiger partial charge >= 0.3 is 0 Å². The average molecular weight is 290 g/mol. The predicted molar refractivity (Wildman–Crippen MR) is 81.4 cm³/mol. The highest BCUT2D eigenvalue weighted by Crippen LogP contribution is 2.31. The molecular formula is C16H19FN2S. The van der Waals surface area contributed by atoms with Crippen LogP contribution in [0.3, 0.4) is 0 Å². The van der Waals surface area contributed by atoms with Crippen LogP contribution in [0.25, 0.3) is 0 Å². The third-order valence-corrected chi connectivity index (χ3v) is 3.86. The minimum atomic E-state index is -0.166. The highest BCUT2D eigenvalue weighted by Gasteiger charge is 2.14. The van der Waals surface area contributed by atoms with Crippen molar-refractivity contribution in [2.75, 3.05) is 0 Å². The Labute approximate surface area is 123 Å². The molecule has 20 heavy (non-hydrogen) atoms. The van der Waals surface area contributed by atoms with Gasteiger partial charge in [-0.2, -0.15) is 0 Å². The summed E-state index contributed by atoms with van der Waals surface area (Å²) < 4.78 is 14.1. The normalized spacial score (nSPS) is 11.6. The van der Waals surface area contributed by atoms with Crippen LogP contribution in [0, 0.1) is 5.82 Å². The van der Waals surface area contributed by atoms with E-state index >= 15 is 0 Å². The molecule has 4 heteroatoms. The highest BCUT2D eigenvalue weighted by atomic mass is 32.2. The highest BCUT2D eigenvalue weighted by molar-refractivity contribution is 7.99. The van der Waals surface area contributed by atoms with E-state index in [-0.39, 0.29) is 11.4 Å². The first-order valence-electron chi connectivity index (χ1n) is 6.56. The summed E-state index contributed by atoms with van der Waals surface area (Å²) in [7, 11) is 0. The van der Waals surface area contributed by atoms with Crippen LogP contribution in [-0.4, -0.2) is 10.5 Å². The molecule has 0 spiro atoms. The molecule has 0 aliphatic carbocycles. The van der Waals surface area contributed by atoms with Crippen molar-refractivity contribution in [2.24, 2.45) is 0 Å². The van der Waals surface area contributed by atoms with Crippen molar-refractivity contribution in [1.29, 1.82) is 0 Å². The first-order chi connectivity index (χ1) is 9.46. The number of hydrogen-bond acceptors (Lipinski definition) is 3. The standard InChI is InChI=1S/C16H19FN2S/c1-16(2,3)19-11-13-14(17)5-4-6-15(13)20-12-7-9-18-10-8-12/h4-10,19H,11H2,1-3H3. The van der Waals surface area contributed by atoms with E-state index in [2.05, 4.69) is 31.1 Å². The van der Waals surface area contributed by atoms with E-state index in [0.29, 0.717) is 12.1 Å². The molecule has 1 aromatic carbocycles. The van der Waals surface area contributed by atoms with Crippen LogP contribution in [0.1, 0.15) is 26.3 Å². The predicted octanol–water partition coefficient (Wildman–Crippen LogP) is 4.26. The summed E-state index contributed by atoms with van der Waals surface area (Å²) in [5, 5.41) is 3.34. The summed E-state index contributed by atoms with van der Waals surface area (Å²) in [5.41, 5.74) is 0.671. The number of rotatable bonds is 4. The fraction of sp³-hybridized carbons (Fsp3) is 0.312. The summed E-state index contributed by atoms with van der Waals surface area (Å²) >= 11 is 1.56. The summed E-state index contributed by atoms with van der Waals surface area (Å²) in [6.07, 6.45) is 3.49. The van der Waals surface area contributed by atoms with Crippen LogP contribution < -0.4 is 5.32 Å². The number of halogens is 1. The fourth-order valence-corrected chi connectivity index (χ4v) is 2.64. The van der Waals surface area contributed by atoms with Gasteiger partial charge in [-0.1, -0.05) is 17.8 Å². The lowest BCUT2D eigenvalue weighted by atomic mass is 10.1. The van der Waals surface area contributed by atoms with Crippen molar-refractivity contribution in [1.82, 2.24) is 10.3 Å². The fourth-order valence-electron chi connectivity index (χ4n) is 1.69. The zero-order valence-electron chi connectivity index (χ0n) is 12.0. The van der Waals surface area contributed by atoms with Gasteiger partial charge in [0.15, 0.2) is 0 Å². The molecule has 1 aromatic heterocycles. The summed E-state index contributed by atoms with van der Waals surface area (Å²) in [5.74, 6) is -0.166. The average Bonchev–Trinajstić information content (AvgIpc) is 2.38. The molecule has 0 radical (unpaired) electrons. The molecule has 2 rings (SSSR count). The largest absolute Gasteiger partial charge is 0.308 e. The minimum absolute atomic E-state index is 0.0408. The molecule has 0 aliphatic heterocycles. The molecule has 0 atom stereocenters. The number of nitrogens with zero attached hydrogens (tertiary/aromatic N) is 1. The van der Waals surface area contributed by atoms with Crippen molar-refractivity contribution in [3.05, 3.63) is 54.1 Å². The molecule has 0 bridgehead atoms. The molecule has 0 amide bonds. The Balaban J connectivity index is 2.22. The molecule has 106 valence electrons. The summed E-state index contributed by atoms with van der Waals surface area (Å²) in [6, 6.07) is 9.07. The van der Waals surface area contributed by atoms with Gasteiger partial charge in [0.1, 0.15) is 5.82 Å². The first kappa shape index (κ1) is 15.0. The van der Waals surface area contributed by atoms with E-state index in [1.54, 1.807) is 30.2 Å². The van der Waals surface area contributed by atoms with Crippen LogP contribution >= 0.6 is 11.8 Å². The Bertz CT molecular complexity index is 564. The molecule has 0 fully saturated rings. The van der Waals surface area contributed by atoms with Crippen LogP contribution in [-0.2, 0) is 6.54 Å². The topological polar surface area (TPSA) is 24.9 Å². The second kappa shape index (κ2) is 6.37. The Morgan fingerprint density at radius 2 is 1.85 bits per heavy atom. The van der Waals surface area contributed by atoms with E-state index in [0.717, 1.165) is 9.79 Å². The maximum absolute atomic E-state index is 14.1. The smallest absolute Gasteiger partial charge is 0.128 e. The van der Waals surface area contributed by atoms with Gasteiger partial charge < -0.3 is 5.32 Å². The lowest BCUT2D eigenvalue weighted by molar-refractivity contribution is 0.416. The molecule has 1 N–H and O–H groups in total. The van der Waals surface area contributed by atoms with Crippen LogP contribution in [0.15, 0.2) is 52.5 Å². The van der Waals surface area contributed by atoms with Crippen molar-refractivity contribution in [3.63, 3.8) is 0 Å². The Kier molecular flexibility index (Phi) is 4.78. The van der Waals surface area contributed by atoms with Gasteiger partial charge in [0.05, 0.1) is 0 Å². The minimum Gasteiger partial charge on any atom is -0.308 e. The maximum Gasteiger partial charge on any atom is 0.128 e. The molecular weight excluding hydrogens is 271 g/mol. The third-order valence-electron chi connectivity index (χ3n) is 2.75. The molecule has 0 saturated heterocycles. The molecule has 1 heterocycles. The number of aromatic nitrogens is 1. The molecule has 0 saturated carbocycles. The number of benzene rings is 1. The van der Waals surface area contributed by atoms with Gasteiger partial charge in [-0.15, -0.1) is 0 Å². The van der Waals surface area contributed by atoms with Gasteiger partial charge in [-0.25, -0.2) is 4.39 Å². The summed E-state index contributed by atoms with van der Waals surface area (Å²) in [4.78, 5) is 5.99. The van der Waals surface area contributed by atoms with E-state index in [9.17, 15) is 4.39 Å². The van der Waals surface area contributed by atoms with Gasteiger partial charge in [-0.3, -0.25) is 4.98 Å². The van der Waals surface area contributed by atoms with Gasteiger partial charge in [-0.05, 0) is 45.0 Å². The molecule has 0 unspecified atom stereocenters. The monoisotopic (exact) mass is 290 g/mol. The number of nitrogens with one attached hydrogen (secondary N) is 1. The number of pyridine rings is 1. The van der Waals surface area contributed by atoms with Crippen LogP contribution in [0.5, 0.6) is 0 Å². The second-order valence-corrected chi connectivity index (χ2v) is 6.72. The van der Waals surface area contributed by atoms with E-state index < -0.39 is 0 Å². The maximum atomic E-state index is 14.1. The van der Waals surface area contributed by atoms with Crippen molar-refractivity contribution < 1.29 is 4.39 Å². The van der Waals surface area contributed by atoms with Gasteiger partial charge in [0.2, 0.25) is 0 Å². The lowest BCUT2D eigenvalue weighted by Gasteiger charge is -2.21. The second-order valence-electron chi connectivity index (χ2n) is 5.61. The third kappa shape index (κ3) is 4.32. The zero-order valence-corrected chi connectivity index (χ0v) is 12.8. The van der Waals surface area contributed by atoms with Crippen molar-refractivity contribution in [3.8, 4) is 0 Å². The Morgan fingerprint density at radius 1 is 1.15 bits per heavy atom. The Hall–Kier alpha value is -1.39. The first-order valence-corrected chi connectivity index (χ1v) is 7.38. The molecule has 2 nitrogen and oxygen atoms in total. The zero-order chi connectivity index (χ0) is 14.6.